The Labute approximate surface area is 154 Å². The van der Waals surface area contributed by atoms with Crippen LogP contribution in [-0.2, 0) is 11.2 Å². The van der Waals surface area contributed by atoms with Gasteiger partial charge in [0.15, 0.2) is 5.76 Å². The molecule has 0 atom stereocenters. The monoisotopic (exact) mass is 363 g/mol. The molecule has 1 aromatic rings. The number of aryl methyl sites for hydroxylation is 1. The standard InChI is InChI=1S/C20H29NO5/c1-3-17-16(20(23)24)12-18(26-17)19(22)21-10-8-15(9-11-21)25-14-6-4-13(2)5-7-14/h12-15H,3-11H2,1-2H3,(H,23,24). The fraction of sp³-hybridized carbons (Fsp3) is 0.700. The van der Waals surface area contributed by atoms with Gasteiger partial charge in [-0.3, -0.25) is 4.79 Å². The van der Waals surface area contributed by atoms with Crippen molar-refractivity contribution >= 4 is 11.9 Å². The molecule has 0 radical (unpaired) electrons. The Balaban J connectivity index is 1.53. The lowest BCUT2D eigenvalue weighted by Crippen LogP contribution is -2.42. The fourth-order valence-electron chi connectivity index (χ4n) is 3.97. The molecule has 2 aliphatic rings. The minimum Gasteiger partial charge on any atom is -0.478 e. The molecule has 3 rings (SSSR count). The minimum atomic E-state index is -1.06. The van der Waals surface area contributed by atoms with Crippen LogP contribution in [0.3, 0.4) is 0 Å². The first-order chi connectivity index (χ1) is 12.5. The lowest BCUT2D eigenvalue weighted by Gasteiger charge is -2.35. The number of piperidine rings is 1. The van der Waals surface area contributed by atoms with Crippen molar-refractivity contribution in [3.63, 3.8) is 0 Å². The third-order valence-corrected chi connectivity index (χ3v) is 5.65. The van der Waals surface area contributed by atoms with E-state index in [0.29, 0.717) is 31.4 Å². The van der Waals surface area contributed by atoms with Crippen molar-refractivity contribution in [3.05, 3.63) is 23.2 Å². The summed E-state index contributed by atoms with van der Waals surface area (Å²) in [6.45, 7) is 5.36. The molecule has 6 heteroatoms. The summed E-state index contributed by atoms with van der Waals surface area (Å²) in [6.07, 6.45) is 7.46. The predicted octanol–water partition coefficient (Wildman–Crippen LogP) is 3.74. The van der Waals surface area contributed by atoms with Crippen molar-refractivity contribution in [2.75, 3.05) is 13.1 Å². The molecular weight excluding hydrogens is 334 g/mol. The van der Waals surface area contributed by atoms with Crippen molar-refractivity contribution in [1.82, 2.24) is 4.90 Å². The molecule has 1 saturated heterocycles. The summed E-state index contributed by atoms with van der Waals surface area (Å²) >= 11 is 0. The Bertz CT molecular complexity index is 637. The van der Waals surface area contributed by atoms with E-state index in [0.717, 1.165) is 31.6 Å². The number of carboxylic acid groups (broad SMARTS) is 1. The SMILES string of the molecule is CCc1oc(C(=O)N2CCC(OC3CCC(C)CC3)CC2)cc1C(=O)O. The second kappa shape index (κ2) is 8.25. The lowest BCUT2D eigenvalue weighted by molar-refractivity contribution is -0.0572. The highest BCUT2D eigenvalue weighted by atomic mass is 16.5. The maximum atomic E-state index is 12.6. The van der Waals surface area contributed by atoms with Crippen LogP contribution in [0.15, 0.2) is 10.5 Å². The van der Waals surface area contributed by atoms with Crippen LogP contribution in [0.1, 0.15) is 79.0 Å². The molecule has 0 unspecified atom stereocenters. The fourth-order valence-corrected chi connectivity index (χ4v) is 3.97. The van der Waals surface area contributed by atoms with E-state index in [1.807, 2.05) is 6.92 Å². The van der Waals surface area contributed by atoms with Crippen LogP contribution in [-0.4, -0.2) is 47.2 Å². The summed E-state index contributed by atoms with van der Waals surface area (Å²) in [7, 11) is 0. The smallest absolute Gasteiger partial charge is 0.339 e. The average Bonchev–Trinajstić information content (AvgIpc) is 3.08. The summed E-state index contributed by atoms with van der Waals surface area (Å²) in [5, 5.41) is 9.21. The van der Waals surface area contributed by atoms with Gasteiger partial charge >= 0.3 is 5.97 Å². The normalized spacial score (nSPS) is 24.6. The number of ether oxygens (including phenoxy) is 1. The zero-order valence-corrected chi connectivity index (χ0v) is 15.7. The van der Waals surface area contributed by atoms with Crippen LogP contribution in [0.25, 0.3) is 0 Å². The van der Waals surface area contributed by atoms with Gasteiger partial charge in [-0.1, -0.05) is 13.8 Å². The summed E-state index contributed by atoms with van der Waals surface area (Å²) in [4.78, 5) is 25.6. The molecule has 1 aromatic heterocycles. The van der Waals surface area contributed by atoms with Crippen molar-refractivity contribution < 1.29 is 23.8 Å². The lowest BCUT2D eigenvalue weighted by atomic mass is 9.88. The van der Waals surface area contributed by atoms with Crippen molar-refractivity contribution in [1.29, 1.82) is 0 Å². The average molecular weight is 363 g/mol. The van der Waals surface area contributed by atoms with E-state index < -0.39 is 5.97 Å². The highest BCUT2D eigenvalue weighted by Crippen LogP contribution is 2.28. The highest BCUT2D eigenvalue weighted by molar-refractivity contribution is 5.96. The maximum Gasteiger partial charge on any atom is 0.339 e. The van der Waals surface area contributed by atoms with E-state index >= 15 is 0 Å². The van der Waals surface area contributed by atoms with Crippen LogP contribution in [0, 0.1) is 5.92 Å². The molecule has 144 valence electrons. The van der Waals surface area contributed by atoms with E-state index in [1.54, 1.807) is 4.90 Å². The van der Waals surface area contributed by atoms with Gasteiger partial charge in [-0.15, -0.1) is 0 Å². The summed E-state index contributed by atoms with van der Waals surface area (Å²) in [5.41, 5.74) is 0.0839. The number of nitrogens with zero attached hydrogens (tertiary/aromatic N) is 1. The molecule has 1 aliphatic carbocycles. The Morgan fingerprint density at radius 1 is 1.15 bits per heavy atom. The van der Waals surface area contributed by atoms with Crippen molar-refractivity contribution in [2.45, 2.75) is 71.0 Å². The van der Waals surface area contributed by atoms with Gasteiger partial charge in [0.25, 0.3) is 5.91 Å². The first kappa shape index (κ1) is 19.0. The van der Waals surface area contributed by atoms with E-state index in [4.69, 9.17) is 9.15 Å². The molecule has 6 nitrogen and oxygen atoms in total. The van der Waals surface area contributed by atoms with Crippen molar-refractivity contribution in [2.24, 2.45) is 5.92 Å². The zero-order chi connectivity index (χ0) is 18.7. The van der Waals surface area contributed by atoms with E-state index in [9.17, 15) is 14.7 Å². The zero-order valence-electron chi connectivity index (χ0n) is 15.7. The van der Waals surface area contributed by atoms with Crippen LogP contribution in [0.2, 0.25) is 0 Å². The second-order valence-electron chi connectivity index (χ2n) is 7.62. The molecular formula is C20H29NO5. The Kier molecular flexibility index (Phi) is 6.01. The molecule has 1 aliphatic heterocycles. The Hall–Kier alpha value is -1.82. The number of likely N-dealkylation sites (tertiary alicyclic amines) is 1. The van der Waals surface area contributed by atoms with Crippen LogP contribution in [0.5, 0.6) is 0 Å². The van der Waals surface area contributed by atoms with E-state index in [-0.39, 0.29) is 23.3 Å². The number of carbonyl (C=O) groups excluding carboxylic acids is 1. The Morgan fingerprint density at radius 3 is 2.31 bits per heavy atom. The molecule has 0 aromatic carbocycles. The number of carboxylic acids is 1. The molecule has 2 fully saturated rings. The van der Waals surface area contributed by atoms with Crippen molar-refractivity contribution in [3.8, 4) is 0 Å². The maximum absolute atomic E-state index is 12.6. The molecule has 0 bridgehead atoms. The number of hydrogen-bond donors (Lipinski definition) is 1. The van der Waals surface area contributed by atoms with Gasteiger partial charge in [-0.25, -0.2) is 4.79 Å². The number of rotatable bonds is 5. The largest absolute Gasteiger partial charge is 0.478 e. The summed E-state index contributed by atoms with van der Waals surface area (Å²) in [5.74, 6) is 0.00695. The topological polar surface area (TPSA) is 80.0 Å². The molecule has 1 N–H and O–H groups in total. The molecule has 0 spiro atoms. The Morgan fingerprint density at radius 2 is 1.77 bits per heavy atom. The molecule has 2 heterocycles. The molecule has 26 heavy (non-hydrogen) atoms. The van der Waals surface area contributed by atoms with Gasteiger partial charge in [-0.2, -0.15) is 0 Å². The second-order valence-corrected chi connectivity index (χ2v) is 7.62. The number of hydrogen-bond acceptors (Lipinski definition) is 4. The van der Waals surface area contributed by atoms with E-state index in [2.05, 4.69) is 6.92 Å². The predicted molar refractivity (Wildman–Crippen MR) is 96.5 cm³/mol. The van der Waals surface area contributed by atoms with Gasteiger partial charge in [0.05, 0.1) is 12.2 Å². The first-order valence-corrected chi connectivity index (χ1v) is 9.78. The molecule has 1 amide bonds. The van der Waals surface area contributed by atoms with Crippen LogP contribution in [0.4, 0.5) is 0 Å². The quantitative estimate of drug-likeness (QED) is 0.862. The number of amides is 1. The van der Waals surface area contributed by atoms with E-state index in [1.165, 1.54) is 18.9 Å². The minimum absolute atomic E-state index is 0.0839. The first-order valence-electron chi connectivity index (χ1n) is 9.78. The van der Waals surface area contributed by atoms with Gasteiger partial charge in [-0.05, 0) is 44.4 Å². The van der Waals surface area contributed by atoms with Gasteiger partial charge in [0, 0.05) is 25.6 Å². The molecule has 1 saturated carbocycles. The summed E-state index contributed by atoms with van der Waals surface area (Å²) < 4.78 is 11.7. The third-order valence-electron chi connectivity index (χ3n) is 5.65. The van der Waals surface area contributed by atoms with Gasteiger partial charge < -0.3 is 19.2 Å². The van der Waals surface area contributed by atoms with Gasteiger partial charge in [0.2, 0.25) is 0 Å². The number of carbonyl (C=O) groups is 2. The van der Waals surface area contributed by atoms with Crippen LogP contribution < -0.4 is 0 Å². The third kappa shape index (κ3) is 4.29. The van der Waals surface area contributed by atoms with Gasteiger partial charge in [0.1, 0.15) is 11.3 Å². The number of furan rings is 1. The number of aromatic carboxylic acids is 1. The highest BCUT2D eigenvalue weighted by Gasteiger charge is 2.29. The van der Waals surface area contributed by atoms with Crippen LogP contribution >= 0.6 is 0 Å². The summed E-state index contributed by atoms with van der Waals surface area (Å²) in [6, 6.07) is 1.36.